The van der Waals surface area contributed by atoms with E-state index in [-0.39, 0.29) is 11.1 Å². The highest BCUT2D eigenvalue weighted by Crippen LogP contribution is 2.39. The van der Waals surface area contributed by atoms with Gasteiger partial charge in [-0.1, -0.05) is 24.3 Å². The molecule has 3 aromatic heterocycles. The number of para-hydroxylation sites is 1. The van der Waals surface area contributed by atoms with Gasteiger partial charge in [0, 0.05) is 0 Å². The van der Waals surface area contributed by atoms with E-state index in [4.69, 9.17) is 4.42 Å². The van der Waals surface area contributed by atoms with Crippen LogP contribution in [-0.4, -0.2) is 9.78 Å². The predicted molar refractivity (Wildman–Crippen MR) is 81.7 cm³/mol. The quantitative estimate of drug-likeness (QED) is 0.494. The van der Waals surface area contributed by atoms with Crippen LogP contribution >= 0.6 is 11.3 Å². The number of aromatic nitrogens is 2. The van der Waals surface area contributed by atoms with Crippen molar-refractivity contribution >= 4 is 22.4 Å². The van der Waals surface area contributed by atoms with Gasteiger partial charge in [-0.15, -0.1) is 11.3 Å². The van der Waals surface area contributed by atoms with E-state index >= 15 is 0 Å². The SMILES string of the molecule is FC(F)(F)c1nn(-c2ccccc2)c2oc(-c3cccs3)cc12. The van der Waals surface area contributed by atoms with Gasteiger partial charge in [-0.3, -0.25) is 0 Å². The van der Waals surface area contributed by atoms with Gasteiger partial charge in [-0.25, -0.2) is 0 Å². The number of alkyl halides is 3. The van der Waals surface area contributed by atoms with E-state index in [0.29, 0.717) is 11.4 Å². The van der Waals surface area contributed by atoms with Crippen LogP contribution in [0.25, 0.3) is 27.4 Å². The Balaban J connectivity index is 2.00. The van der Waals surface area contributed by atoms with E-state index in [9.17, 15) is 13.2 Å². The van der Waals surface area contributed by atoms with Crippen LogP contribution in [-0.2, 0) is 6.18 Å². The lowest BCUT2D eigenvalue weighted by atomic mass is 10.2. The molecule has 3 nitrogen and oxygen atoms in total. The summed E-state index contributed by atoms with van der Waals surface area (Å²) in [7, 11) is 0. The van der Waals surface area contributed by atoms with Crippen molar-refractivity contribution in [2.75, 3.05) is 0 Å². The van der Waals surface area contributed by atoms with Crippen molar-refractivity contribution in [2.45, 2.75) is 6.18 Å². The zero-order chi connectivity index (χ0) is 16.0. The fourth-order valence-electron chi connectivity index (χ4n) is 2.40. The zero-order valence-electron chi connectivity index (χ0n) is 11.5. The first-order valence-electron chi connectivity index (χ1n) is 6.73. The summed E-state index contributed by atoms with van der Waals surface area (Å²) in [5.74, 6) is 0.405. The van der Waals surface area contributed by atoms with Crippen molar-refractivity contribution in [3.8, 4) is 16.3 Å². The molecule has 0 radical (unpaired) electrons. The Labute approximate surface area is 132 Å². The van der Waals surface area contributed by atoms with Gasteiger partial charge in [0.15, 0.2) is 5.69 Å². The van der Waals surface area contributed by atoms with Gasteiger partial charge in [0.2, 0.25) is 5.71 Å². The smallest absolute Gasteiger partial charge is 0.435 e. The summed E-state index contributed by atoms with van der Waals surface area (Å²) in [5, 5.41) is 5.52. The number of hydrogen-bond acceptors (Lipinski definition) is 3. The maximum atomic E-state index is 13.3. The fourth-order valence-corrected chi connectivity index (χ4v) is 3.08. The first kappa shape index (κ1) is 14.1. The lowest BCUT2D eigenvalue weighted by Gasteiger charge is -2.03. The average molecular weight is 334 g/mol. The maximum absolute atomic E-state index is 13.3. The molecule has 0 aliphatic carbocycles. The normalized spacial score (nSPS) is 12.1. The monoisotopic (exact) mass is 334 g/mol. The lowest BCUT2D eigenvalue weighted by Crippen LogP contribution is -2.07. The number of nitrogens with zero attached hydrogens (tertiary/aromatic N) is 2. The second kappa shape index (κ2) is 4.99. The minimum absolute atomic E-state index is 0.0373. The van der Waals surface area contributed by atoms with Crippen molar-refractivity contribution < 1.29 is 17.6 Å². The largest absolute Gasteiger partial charge is 0.437 e. The van der Waals surface area contributed by atoms with Gasteiger partial charge < -0.3 is 4.42 Å². The van der Waals surface area contributed by atoms with Gasteiger partial charge in [0.05, 0.1) is 16.0 Å². The van der Waals surface area contributed by atoms with Gasteiger partial charge in [-0.2, -0.15) is 23.0 Å². The van der Waals surface area contributed by atoms with Crippen LogP contribution < -0.4 is 0 Å². The molecule has 23 heavy (non-hydrogen) atoms. The summed E-state index contributed by atoms with van der Waals surface area (Å²) in [6.45, 7) is 0. The number of furan rings is 1. The minimum Gasteiger partial charge on any atom is -0.437 e. The standard InChI is InChI=1S/C16H9F3N2OS/c17-16(18,19)14-11-9-12(13-7-4-8-23-13)22-15(11)21(20-14)10-5-2-1-3-6-10/h1-9H. The molecule has 0 fully saturated rings. The molecule has 0 amide bonds. The summed E-state index contributed by atoms with van der Waals surface area (Å²) in [6, 6.07) is 13.6. The van der Waals surface area contributed by atoms with E-state index in [1.54, 1.807) is 36.4 Å². The first-order valence-corrected chi connectivity index (χ1v) is 7.61. The van der Waals surface area contributed by atoms with Gasteiger partial charge >= 0.3 is 6.18 Å². The molecule has 1 aromatic carbocycles. The van der Waals surface area contributed by atoms with Crippen LogP contribution in [0.2, 0.25) is 0 Å². The fraction of sp³-hybridized carbons (Fsp3) is 0.0625. The van der Waals surface area contributed by atoms with Crippen LogP contribution in [0.1, 0.15) is 5.69 Å². The van der Waals surface area contributed by atoms with Crippen molar-refractivity contribution in [3.05, 3.63) is 59.6 Å². The summed E-state index contributed by atoms with van der Waals surface area (Å²) in [6.07, 6.45) is -4.55. The minimum atomic E-state index is -4.55. The summed E-state index contributed by atoms with van der Waals surface area (Å²) in [4.78, 5) is 0.772. The highest BCUT2D eigenvalue weighted by molar-refractivity contribution is 7.13. The first-order chi connectivity index (χ1) is 11.0. The molecular formula is C16H9F3N2OS. The van der Waals surface area contributed by atoms with Crippen molar-refractivity contribution in [1.29, 1.82) is 0 Å². The molecule has 0 unspecified atom stereocenters. The Hall–Kier alpha value is -2.54. The Kier molecular flexibility index (Phi) is 3.05. The molecule has 0 spiro atoms. The molecular weight excluding hydrogens is 325 g/mol. The van der Waals surface area contributed by atoms with E-state index in [2.05, 4.69) is 5.10 Å². The highest BCUT2D eigenvalue weighted by Gasteiger charge is 2.38. The third-order valence-electron chi connectivity index (χ3n) is 3.39. The molecule has 4 rings (SSSR count). The van der Waals surface area contributed by atoms with Crippen LogP contribution in [0, 0.1) is 0 Å². The molecule has 0 aliphatic heterocycles. The molecule has 0 saturated carbocycles. The van der Waals surface area contributed by atoms with Crippen LogP contribution in [0.5, 0.6) is 0 Å². The van der Waals surface area contributed by atoms with Gasteiger partial charge in [0.1, 0.15) is 5.76 Å². The van der Waals surface area contributed by atoms with Gasteiger partial charge in [-0.05, 0) is 29.6 Å². The summed E-state index contributed by atoms with van der Waals surface area (Å²) < 4.78 is 46.7. The Morgan fingerprint density at radius 1 is 1.04 bits per heavy atom. The van der Waals surface area contributed by atoms with E-state index in [1.807, 2.05) is 11.4 Å². The number of thiophene rings is 1. The molecule has 0 aliphatic rings. The second-order valence-corrected chi connectivity index (χ2v) is 5.85. The van der Waals surface area contributed by atoms with Gasteiger partial charge in [0.25, 0.3) is 0 Å². The van der Waals surface area contributed by atoms with Crippen molar-refractivity contribution in [2.24, 2.45) is 0 Å². The number of halogens is 3. The number of hydrogen-bond donors (Lipinski definition) is 0. The number of rotatable bonds is 2. The topological polar surface area (TPSA) is 31.0 Å². The highest BCUT2D eigenvalue weighted by atomic mass is 32.1. The zero-order valence-corrected chi connectivity index (χ0v) is 12.4. The molecule has 3 heterocycles. The molecule has 4 aromatic rings. The van der Waals surface area contributed by atoms with Crippen LogP contribution in [0.4, 0.5) is 13.2 Å². The third kappa shape index (κ3) is 2.33. The Morgan fingerprint density at radius 2 is 1.83 bits per heavy atom. The molecule has 7 heteroatoms. The van der Waals surface area contributed by atoms with Crippen LogP contribution in [0.15, 0.2) is 58.3 Å². The Bertz CT molecular complexity index is 953. The molecule has 0 atom stereocenters. The summed E-state index contributed by atoms with van der Waals surface area (Å²) >= 11 is 1.41. The number of benzene rings is 1. The maximum Gasteiger partial charge on any atom is 0.435 e. The molecule has 116 valence electrons. The molecule has 0 bridgehead atoms. The molecule has 0 N–H and O–H groups in total. The predicted octanol–water partition coefficient (Wildman–Crippen LogP) is 5.37. The summed E-state index contributed by atoms with van der Waals surface area (Å²) in [5.41, 5.74) is -0.338. The Morgan fingerprint density at radius 3 is 2.48 bits per heavy atom. The lowest BCUT2D eigenvalue weighted by molar-refractivity contribution is -0.140. The van der Waals surface area contributed by atoms with Crippen molar-refractivity contribution in [3.63, 3.8) is 0 Å². The van der Waals surface area contributed by atoms with E-state index in [1.165, 1.54) is 22.1 Å². The third-order valence-corrected chi connectivity index (χ3v) is 4.28. The van der Waals surface area contributed by atoms with Crippen LogP contribution in [0.3, 0.4) is 0 Å². The van der Waals surface area contributed by atoms with Crippen molar-refractivity contribution in [1.82, 2.24) is 9.78 Å². The van der Waals surface area contributed by atoms with E-state index < -0.39 is 11.9 Å². The second-order valence-electron chi connectivity index (χ2n) is 4.90. The molecule has 0 saturated heterocycles. The average Bonchev–Trinajstić information content (AvgIpc) is 3.22. The van der Waals surface area contributed by atoms with E-state index in [0.717, 1.165) is 4.88 Å². The number of fused-ring (bicyclic) bond motifs is 1.